The molecule has 2 heterocycles. The number of thiophene rings is 1. The number of nitrogens with zero attached hydrogens (tertiary/aromatic N) is 2. The highest BCUT2D eigenvalue weighted by Gasteiger charge is 2.30. The highest BCUT2D eigenvalue weighted by molar-refractivity contribution is 7.14. The molecule has 1 aliphatic rings. The molecule has 0 bridgehead atoms. The van der Waals surface area contributed by atoms with Crippen molar-refractivity contribution in [2.75, 3.05) is 27.2 Å². The zero-order valence-electron chi connectivity index (χ0n) is 11.7. The van der Waals surface area contributed by atoms with Gasteiger partial charge in [-0.15, -0.1) is 11.3 Å². The number of hydrogen-bond donors (Lipinski definition) is 2. The molecule has 3 N–H and O–H groups in total. The summed E-state index contributed by atoms with van der Waals surface area (Å²) in [4.78, 5) is 18.0. The number of carbonyl (C=O) groups is 1. The van der Waals surface area contributed by atoms with Crippen LogP contribution in [0.1, 0.15) is 21.5 Å². The molecule has 2 unspecified atom stereocenters. The van der Waals surface area contributed by atoms with E-state index in [9.17, 15) is 4.79 Å². The molecule has 5 nitrogen and oxygen atoms in total. The molecule has 1 aromatic rings. The van der Waals surface area contributed by atoms with Crippen molar-refractivity contribution in [1.29, 1.82) is 0 Å². The molecule has 0 aliphatic carbocycles. The number of hydrogen-bond acceptors (Lipinski definition) is 5. The van der Waals surface area contributed by atoms with Crippen molar-refractivity contribution in [3.63, 3.8) is 0 Å². The van der Waals surface area contributed by atoms with Gasteiger partial charge in [0.25, 0.3) is 5.91 Å². The van der Waals surface area contributed by atoms with E-state index in [0.29, 0.717) is 16.8 Å². The number of nitrogen functional groups attached to an aromatic ring is 1. The van der Waals surface area contributed by atoms with Crippen LogP contribution in [0.5, 0.6) is 0 Å². The molecular weight excluding hydrogens is 260 g/mol. The molecule has 0 radical (unpaired) electrons. The number of rotatable bonds is 4. The minimum atomic E-state index is -0.211. The average Bonchev–Trinajstić information content (AvgIpc) is 2.95. The maximum atomic E-state index is 11.4. The summed E-state index contributed by atoms with van der Waals surface area (Å²) < 4.78 is 0. The van der Waals surface area contributed by atoms with Crippen LogP contribution in [-0.4, -0.2) is 48.9 Å². The van der Waals surface area contributed by atoms with Crippen LogP contribution in [0.2, 0.25) is 0 Å². The number of amides is 1. The summed E-state index contributed by atoms with van der Waals surface area (Å²) >= 11 is 1.52. The van der Waals surface area contributed by atoms with Gasteiger partial charge >= 0.3 is 0 Å². The zero-order valence-corrected chi connectivity index (χ0v) is 12.5. The lowest BCUT2D eigenvalue weighted by Crippen LogP contribution is -2.34. The summed E-state index contributed by atoms with van der Waals surface area (Å²) in [7, 11) is 4.28. The molecule has 0 saturated carbocycles. The van der Waals surface area contributed by atoms with Gasteiger partial charge in [0.2, 0.25) is 0 Å². The normalized spacial score (nSPS) is 24.1. The third kappa shape index (κ3) is 3.33. The van der Waals surface area contributed by atoms with E-state index >= 15 is 0 Å². The van der Waals surface area contributed by atoms with Crippen molar-refractivity contribution >= 4 is 17.2 Å². The minimum Gasteiger partial charge on any atom is -0.305 e. The summed E-state index contributed by atoms with van der Waals surface area (Å²) in [5, 5.41) is 0. The molecule has 1 aromatic heterocycles. The molecule has 19 heavy (non-hydrogen) atoms. The number of hydrazine groups is 1. The van der Waals surface area contributed by atoms with Crippen molar-refractivity contribution in [2.45, 2.75) is 19.5 Å². The molecular formula is C13H22N4OS. The number of likely N-dealkylation sites (N-methyl/N-ethyl adjacent to an activating group) is 1. The lowest BCUT2D eigenvalue weighted by Gasteiger charge is -2.22. The van der Waals surface area contributed by atoms with E-state index in [2.05, 4.69) is 36.2 Å². The van der Waals surface area contributed by atoms with E-state index in [1.54, 1.807) is 0 Å². The zero-order chi connectivity index (χ0) is 14.0. The minimum absolute atomic E-state index is 0.211. The Labute approximate surface area is 118 Å². The van der Waals surface area contributed by atoms with Gasteiger partial charge in [0.15, 0.2) is 0 Å². The second-order valence-corrected chi connectivity index (χ2v) is 6.61. The number of nitrogens with one attached hydrogen (secondary N) is 1. The van der Waals surface area contributed by atoms with Crippen molar-refractivity contribution in [3.05, 3.63) is 21.9 Å². The molecule has 106 valence electrons. The lowest BCUT2D eigenvalue weighted by atomic mass is 10.1. The fraction of sp³-hybridized carbons (Fsp3) is 0.615. The first-order valence-electron chi connectivity index (χ1n) is 6.49. The maximum Gasteiger partial charge on any atom is 0.275 e. The summed E-state index contributed by atoms with van der Waals surface area (Å²) in [6.45, 7) is 5.41. The van der Waals surface area contributed by atoms with Crippen LogP contribution in [0.25, 0.3) is 0 Å². The van der Waals surface area contributed by atoms with Crippen LogP contribution in [0.3, 0.4) is 0 Å². The summed E-state index contributed by atoms with van der Waals surface area (Å²) in [6, 6.07) is 4.47. The van der Waals surface area contributed by atoms with Gasteiger partial charge in [-0.05, 0) is 32.1 Å². The Morgan fingerprint density at radius 3 is 2.84 bits per heavy atom. The van der Waals surface area contributed by atoms with Gasteiger partial charge < -0.3 is 4.90 Å². The van der Waals surface area contributed by atoms with Gasteiger partial charge in [0, 0.05) is 30.6 Å². The van der Waals surface area contributed by atoms with E-state index in [4.69, 9.17) is 5.84 Å². The summed E-state index contributed by atoms with van der Waals surface area (Å²) in [5.74, 6) is 5.61. The van der Waals surface area contributed by atoms with Gasteiger partial charge in [-0.1, -0.05) is 6.92 Å². The molecule has 0 spiro atoms. The van der Waals surface area contributed by atoms with E-state index < -0.39 is 0 Å². The fourth-order valence-corrected chi connectivity index (χ4v) is 3.68. The third-order valence-corrected chi connectivity index (χ3v) is 4.78. The Morgan fingerprint density at radius 2 is 2.26 bits per heavy atom. The van der Waals surface area contributed by atoms with Crippen LogP contribution in [0.15, 0.2) is 12.1 Å². The first kappa shape index (κ1) is 14.5. The highest BCUT2D eigenvalue weighted by atomic mass is 32.1. The van der Waals surface area contributed by atoms with E-state index in [0.717, 1.165) is 19.6 Å². The van der Waals surface area contributed by atoms with E-state index in [1.165, 1.54) is 16.2 Å². The van der Waals surface area contributed by atoms with Crippen LogP contribution in [0.4, 0.5) is 0 Å². The predicted molar refractivity (Wildman–Crippen MR) is 77.9 cm³/mol. The monoisotopic (exact) mass is 282 g/mol. The molecule has 1 saturated heterocycles. The SMILES string of the molecule is CC1CN(Cc2ccc(C(=O)NN)s2)CC1N(C)C. The average molecular weight is 282 g/mol. The van der Waals surface area contributed by atoms with Crippen molar-refractivity contribution < 1.29 is 4.79 Å². The molecule has 6 heteroatoms. The Hall–Kier alpha value is -0.950. The molecule has 1 aliphatic heterocycles. The number of nitrogens with two attached hydrogens (primary N) is 1. The van der Waals surface area contributed by atoms with E-state index in [1.807, 2.05) is 12.1 Å². The number of carbonyl (C=O) groups excluding carboxylic acids is 1. The van der Waals surface area contributed by atoms with Gasteiger partial charge in [-0.25, -0.2) is 5.84 Å². The second-order valence-electron chi connectivity index (χ2n) is 5.44. The Morgan fingerprint density at radius 1 is 1.53 bits per heavy atom. The largest absolute Gasteiger partial charge is 0.305 e. The molecule has 1 amide bonds. The maximum absolute atomic E-state index is 11.4. The molecule has 1 fully saturated rings. The van der Waals surface area contributed by atoms with Crippen molar-refractivity contribution in [1.82, 2.24) is 15.2 Å². The Kier molecular flexibility index (Phi) is 4.57. The standard InChI is InChI=1S/C13H22N4OS/c1-9-6-17(8-11(9)16(2)3)7-10-4-5-12(19-10)13(18)15-14/h4-5,9,11H,6-8,14H2,1-3H3,(H,15,18). The Balaban J connectivity index is 1.95. The summed E-state index contributed by atoms with van der Waals surface area (Å²) in [5.41, 5.74) is 2.17. The fourth-order valence-electron chi connectivity index (χ4n) is 2.73. The summed E-state index contributed by atoms with van der Waals surface area (Å²) in [6.07, 6.45) is 0. The Bertz CT molecular complexity index is 446. The van der Waals surface area contributed by atoms with Crippen LogP contribution < -0.4 is 11.3 Å². The third-order valence-electron chi connectivity index (χ3n) is 3.71. The molecule has 0 aromatic carbocycles. The van der Waals surface area contributed by atoms with Crippen LogP contribution >= 0.6 is 11.3 Å². The predicted octanol–water partition coefficient (Wildman–Crippen LogP) is 0.734. The topological polar surface area (TPSA) is 61.6 Å². The molecule has 2 atom stereocenters. The van der Waals surface area contributed by atoms with Gasteiger partial charge in [0.05, 0.1) is 4.88 Å². The lowest BCUT2D eigenvalue weighted by molar-refractivity contribution is 0.0957. The second kappa shape index (κ2) is 6.00. The first-order chi connectivity index (χ1) is 9.01. The highest BCUT2D eigenvalue weighted by Crippen LogP contribution is 2.24. The van der Waals surface area contributed by atoms with E-state index in [-0.39, 0.29) is 5.91 Å². The van der Waals surface area contributed by atoms with Crippen molar-refractivity contribution in [2.24, 2.45) is 11.8 Å². The smallest absolute Gasteiger partial charge is 0.275 e. The van der Waals surface area contributed by atoms with Crippen LogP contribution in [0, 0.1) is 5.92 Å². The quantitative estimate of drug-likeness (QED) is 0.486. The number of likely N-dealkylation sites (tertiary alicyclic amines) is 1. The van der Waals surface area contributed by atoms with Gasteiger partial charge in [-0.2, -0.15) is 0 Å². The molecule has 2 rings (SSSR count). The van der Waals surface area contributed by atoms with Crippen molar-refractivity contribution in [3.8, 4) is 0 Å². The first-order valence-corrected chi connectivity index (χ1v) is 7.31. The van der Waals surface area contributed by atoms with Crippen LogP contribution in [-0.2, 0) is 6.54 Å². The van der Waals surface area contributed by atoms with Gasteiger partial charge in [0.1, 0.15) is 0 Å². The van der Waals surface area contributed by atoms with Gasteiger partial charge in [-0.3, -0.25) is 15.1 Å².